The van der Waals surface area contributed by atoms with E-state index in [2.05, 4.69) is 6.92 Å². The lowest BCUT2D eigenvalue weighted by Gasteiger charge is -2.23. The molecule has 0 saturated carbocycles. The highest BCUT2D eigenvalue weighted by atomic mass is 32.2. The summed E-state index contributed by atoms with van der Waals surface area (Å²) in [5.41, 5.74) is 0.725. The Bertz CT molecular complexity index is 459. The number of unbranched alkanes of at least 4 members (excludes halogenated alkanes) is 8. The summed E-state index contributed by atoms with van der Waals surface area (Å²) in [6.45, 7) is 2.26. The van der Waals surface area contributed by atoms with Crippen LogP contribution in [0.2, 0.25) is 0 Å². The predicted octanol–water partition coefficient (Wildman–Crippen LogP) is 6.20. The Balaban J connectivity index is 1.56. The van der Waals surface area contributed by atoms with Crippen LogP contribution < -0.4 is 0 Å². The van der Waals surface area contributed by atoms with Gasteiger partial charge in [0, 0.05) is 4.90 Å². The molecular formula is C19H28O2S. The maximum Gasteiger partial charge on any atom is 0.340 e. The van der Waals surface area contributed by atoms with Gasteiger partial charge in [0.1, 0.15) is 0 Å². The monoisotopic (exact) mass is 320 g/mol. The second-order valence-electron chi connectivity index (χ2n) is 6.07. The smallest absolute Gasteiger partial charge is 0.340 e. The van der Waals surface area contributed by atoms with Crippen LogP contribution in [0.15, 0.2) is 29.2 Å². The minimum absolute atomic E-state index is 0.00644. The topological polar surface area (TPSA) is 26.3 Å². The number of benzene rings is 1. The third-order valence-corrected chi connectivity index (χ3v) is 5.35. The molecule has 0 aliphatic carbocycles. The van der Waals surface area contributed by atoms with Crippen molar-refractivity contribution in [3.63, 3.8) is 0 Å². The van der Waals surface area contributed by atoms with Gasteiger partial charge in [0.15, 0.2) is 5.44 Å². The van der Waals surface area contributed by atoms with E-state index in [0.717, 1.165) is 23.3 Å². The molecule has 22 heavy (non-hydrogen) atoms. The number of carbonyl (C=O) groups excluding carboxylic acids is 1. The van der Waals surface area contributed by atoms with Crippen LogP contribution in [0.25, 0.3) is 0 Å². The molecule has 0 N–H and O–H groups in total. The summed E-state index contributed by atoms with van der Waals surface area (Å²) in [7, 11) is 0. The van der Waals surface area contributed by atoms with E-state index in [1.54, 1.807) is 11.8 Å². The molecule has 0 radical (unpaired) electrons. The van der Waals surface area contributed by atoms with Gasteiger partial charge in [0.2, 0.25) is 0 Å². The van der Waals surface area contributed by atoms with E-state index in [1.807, 2.05) is 24.3 Å². The molecule has 3 heteroatoms. The van der Waals surface area contributed by atoms with E-state index in [4.69, 9.17) is 4.74 Å². The van der Waals surface area contributed by atoms with Crippen LogP contribution in [0.3, 0.4) is 0 Å². The van der Waals surface area contributed by atoms with Gasteiger partial charge in [-0.25, -0.2) is 4.79 Å². The first-order chi connectivity index (χ1) is 10.8. The van der Waals surface area contributed by atoms with E-state index < -0.39 is 0 Å². The number of esters is 1. The molecule has 0 fully saturated rings. The zero-order valence-corrected chi connectivity index (χ0v) is 14.5. The molecule has 1 aliphatic rings. The van der Waals surface area contributed by atoms with Crippen molar-refractivity contribution in [2.75, 3.05) is 0 Å². The highest BCUT2D eigenvalue weighted by molar-refractivity contribution is 8.00. The highest BCUT2D eigenvalue weighted by Gasteiger charge is 2.25. The maximum atomic E-state index is 11.9. The first-order valence-electron chi connectivity index (χ1n) is 8.78. The molecule has 0 amide bonds. The Kier molecular flexibility index (Phi) is 7.86. The summed E-state index contributed by atoms with van der Waals surface area (Å²) in [4.78, 5) is 13.0. The molecule has 1 aromatic carbocycles. The Morgan fingerprint density at radius 1 is 0.955 bits per heavy atom. The Morgan fingerprint density at radius 3 is 2.32 bits per heavy atom. The molecule has 2 nitrogen and oxygen atoms in total. The number of fused-ring (bicyclic) bond motifs is 1. The van der Waals surface area contributed by atoms with E-state index >= 15 is 0 Å². The second-order valence-corrected chi connectivity index (χ2v) is 7.27. The van der Waals surface area contributed by atoms with Crippen molar-refractivity contribution in [1.29, 1.82) is 0 Å². The number of hydrogen-bond donors (Lipinski definition) is 0. The van der Waals surface area contributed by atoms with Crippen LogP contribution in [0.1, 0.15) is 81.5 Å². The van der Waals surface area contributed by atoms with Gasteiger partial charge in [-0.15, -0.1) is 0 Å². The van der Waals surface area contributed by atoms with Crippen LogP contribution in [-0.4, -0.2) is 11.4 Å². The zero-order valence-electron chi connectivity index (χ0n) is 13.7. The summed E-state index contributed by atoms with van der Waals surface area (Å²) in [6, 6.07) is 7.74. The molecule has 0 unspecified atom stereocenters. The fourth-order valence-electron chi connectivity index (χ4n) is 2.83. The Labute approximate surface area is 139 Å². The first-order valence-corrected chi connectivity index (χ1v) is 9.66. The maximum absolute atomic E-state index is 11.9. The van der Waals surface area contributed by atoms with Crippen LogP contribution in [0, 0.1) is 0 Å². The van der Waals surface area contributed by atoms with E-state index in [1.165, 1.54) is 51.4 Å². The molecule has 122 valence electrons. The Hall–Kier alpha value is -0.960. The second kappa shape index (κ2) is 9.94. The largest absolute Gasteiger partial charge is 0.447 e. The number of rotatable bonds is 10. The van der Waals surface area contributed by atoms with Crippen molar-refractivity contribution in [3.8, 4) is 0 Å². The fraction of sp³-hybridized carbons (Fsp3) is 0.632. The lowest BCUT2D eigenvalue weighted by molar-refractivity contribution is 0.0427. The van der Waals surface area contributed by atoms with Crippen molar-refractivity contribution in [3.05, 3.63) is 29.8 Å². The van der Waals surface area contributed by atoms with Gasteiger partial charge in [-0.2, -0.15) is 0 Å². The normalized spacial score (nSPS) is 17.1. The predicted molar refractivity (Wildman–Crippen MR) is 93.3 cm³/mol. The number of thioether (sulfide) groups is 1. The van der Waals surface area contributed by atoms with Gasteiger partial charge < -0.3 is 4.74 Å². The van der Waals surface area contributed by atoms with E-state index in [9.17, 15) is 4.79 Å². The summed E-state index contributed by atoms with van der Waals surface area (Å²) in [5.74, 6) is -0.157. The molecule has 1 heterocycles. The number of ether oxygens (including phenoxy) is 1. The molecule has 2 rings (SSSR count). The average molecular weight is 320 g/mol. The highest BCUT2D eigenvalue weighted by Crippen LogP contribution is 2.35. The summed E-state index contributed by atoms with van der Waals surface area (Å²) in [6.07, 6.45) is 12.9. The number of cyclic esters (lactones) is 1. The van der Waals surface area contributed by atoms with Crippen LogP contribution >= 0.6 is 11.8 Å². The summed E-state index contributed by atoms with van der Waals surface area (Å²) in [5, 5.41) is 0. The molecule has 1 atom stereocenters. The van der Waals surface area contributed by atoms with Gasteiger partial charge in [-0.3, -0.25) is 0 Å². The van der Waals surface area contributed by atoms with Crippen LogP contribution in [-0.2, 0) is 4.74 Å². The zero-order chi connectivity index (χ0) is 15.6. The molecule has 1 aliphatic heterocycles. The van der Waals surface area contributed by atoms with Gasteiger partial charge in [-0.05, 0) is 25.0 Å². The minimum Gasteiger partial charge on any atom is -0.447 e. The molecule has 0 saturated heterocycles. The quantitative estimate of drug-likeness (QED) is 0.379. The van der Waals surface area contributed by atoms with Crippen LogP contribution in [0.5, 0.6) is 0 Å². The molecular weight excluding hydrogens is 292 g/mol. The lowest BCUT2D eigenvalue weighted by atomic mass is 10.1. The van der Waals surface area contributed by atoms with Crippen molar-refractivity contribution < 1.29 is 9.53 Å². The number of hydrogen-bond acceptors (Lipinski definition) is 3. The van der Waals surface area contributed by atoms with Crippen molar-refractivity contribution >= 4 is 17.7 Å². The summed E-state index contributed by atoms with van der Waals surface area (Å²) >= 11 is 1.70. The Morgan fingerprint density at radius 2 is 1.59 bits per heavy atom. The SMILES string of the molecule is CCCCCCCCCCC[C@H]1OC(=O)c2ccccc2S1. The first kappa shape index (κ1) is 17.4. The lowest BCUT2D eigenvalue weighted by Crippen LogP contribution is -2.20. The van der Waals surface area contributed by atoms with Crippen molar-refractivity contribution in [2.45, 2.75) is 81.5 Å². The van der Waals surface area contributed by atoms with Crippen LogP contribution in [0.4, 0.5) is 0 Å². The average Bonchev–Trinajstić information content (AvgIpc) is 2.53. The van der Waals surface area contributed by atoms with Gasteiger partial charge in [0.05, 0.1) is 5.56 Å². The molecule has 0 bridgehead atoms. The number of carbonyl (C=O) groups is 1. The standard InChI is InChI=1S/C19H28O2S/c1-2-3-4-5-6-7-8-9-10-15-18-21-19(20)16-13-11-12-14-17(16)22-18/h11-14,18H,2-10,15H2,1H3/t18-/m0/s1. The third kappa shape index (κ3) is 5.68. The van der Waals surface area contributed by atoms with Gasteiger partial charge >= 0.3 is 5.97 Å². The molecule has 1 aromatic rings. The van der Waals surface area contributed by atoms with Gasteiger partial charge in [0.25, 0.3) is 0 Å². The van der Waals surface area contributed by atoms with Gasteiger partial charge in [-0.1, -0.05) is 82.2 Å². The van der Waals surface area contributed by atoms with Crippen molar-refractivity contribution in [1.82, 2.24) is 0 Å². The fourth-order valence-corrected chi connectivity index (χ4v) is 3.96. The van der Waals surface area contributed by atoms with E-state index in [0.29, 0.717) is 0 Å². The third-order valence-electron chi connectivity index (χ3n) is 4.15. The van der Waals surface area contributed by atoms with E-state index in [-0.39, 0.29) is 11.4 Å². The molecule has 0 aromatic heterocycles. The minimum atomic E-state index is -0.157. The van der Waals surface area contributed by atoms with Crippen molar-refractivity contribution in [2.24, 2.45) is 0 Å². The molecule has 0 spiro atoms. The summed E-state index contributed by atoms with van der Waals surface area (Å²) < 4.78 is 5.51.